The highest BCUT2D eigenvalue weighted by Gasteiger charge is 2.29. The fourth-order valence-electron chi connectivity index (χ4n) is 3.61. The van der Waals surface area contributed by atoms with E-state index in [-0.39, 0.29) is 0 Å². The van der Waals surface area contributed by atoms with Gasteiger partial charge in [0.05, 0.1) is 12.1 Å². The summed E-state index contributed by atoms with van der Waals surface area (Å²) in [5.41, 5.74) is 2.11. The van der Waals surface area contributed by atoms with Crippen LogP contribution in [0.1, 0.15) is 43.6 Å². The summed E-state index contributed by atoms with van der Waals surface area (Å²) < 4.78 is 40.3. The number of aromatic nitrogens is 3. The standard InChI is InChI=1S/C24H29F3N4/c1-3-30(4-2)16-6-5-7-23-29-28-18-31(23)17-19-8-10-20(11-9-19)21-12-14-22(15-13-21)24(25,26)27/h8-15,18H,3-7,16-17H2,1-2H3. The van der Waals surface area contributed by atoms with Crippen molar-refractivity contribution in [3.8, 4) is 11.1 Å². The Kier molecular flexibility index (Phi) is 7.85. The van der Waals surface area contributed by atoms with Gasteiger partial charge in [0.1, 0.15) is 12.2 Å². The number of alkyl halides is 3. The Bertz CT molecular complexity index is 927. The molecule has 0 N–H and O–H groups in total. The van der Waals surface area contributed by atoms with Gasteiger partial charge in [-0.3, -0.25) is 0 Å². The molecule has 0 aliphatic rings. The van der Waals surface area contributed by atoms with E-state index < -0.39 is 11.7 Å². The Hall–Kier alpha value is -2.67. The Morgan fingerprint density at radius 2 is 1.48 bits per heavy atom. The quantitative estimate of drug-likeness (QED) is 0.388. The molecule has 0 aliphatic heterocycles. The number of halogens is 3. The van der Waals surface area contributed by atoms with Crippen LogP contribution in [0.5, 0.6) is 0 Å². The first-order valence-corrected chi connectivity index (χ1v) is 10.8. The molecule has 3 aromatic rings. The third kappa shape index (κ3) is 6.40. The number of unbranched alkanes of at least 4 members (excludes halogenated alkanes) is 1. The van der Waals surface area contributed by atoms with Crippen LogP contribution >= 0.6 is 0 Å². The summed E-state index contributed by atoms with van der Waals surface area (Å²) in [6.45, 7) is 8.30. The number of hydrogen-bond donors (Lipinski definition) is 0. The minimum atomic E-state index is -4.32. The second-order valence-corrected chi connectivity index (χ2v) is 7.63. The van der Waals surface area contributed by atoms with E-state index in [9.17, 15) is 13.2 Å². The van der Waals surface area contributed by atoms with Gasteiger partial charge in [0, 0.05) is 6.42 Å². The molecule has 0 amide bonds. The van der Waals surface area contributed by atoms with Gasteiger partial charge >= 0.3 is 6.18 Å². The molecule has 31 heavy (non-hydrogen) atoms. The second kappa shape index (κ2) is 10.6. The van der Waals surface area contributed by atoms with Crippen molar-refractivity contribution in [1.82, 2.24) is 19.7 Å². The molecule has 3 rings (SSSR count). The van der Waals surface area contributed by atoms with Crippen LogP contribution < -0.4 is 0 Å². The molecular weight excluding hydrogens is 401 g/mol. The molecule has 0 fully saturated rings. The van der Waals surface area contributed by atoms with Crippen LogP contribution in [-0.4, -0.2) is 39.3 Å². The van der Waals surface area contributed by atoms with Crippen LogP contribution in [0.25, 0.3) is 11.1 Å². The highest BCUT2D eigenvalue weighted by atomic mass is 19.4. The van der Waals surface area contributed by atoms with Crippen LogP contribution in [0, 0.1) is 0 Å². The number of benzene rings is 2. The zero-order chi connectivity index (χ0) is 22.3. The van der Waals surface area contributed by atoms with E-state index in [1.165, 1.54) is 12.1 Å². The van der Waals surface area contributed by atoms with E-state index in [1.807, 2.05) is 24.3 Å². The Morgan fingerprint density at radius 1 is 0.871 bits per heavy atom. The minimum absolute atomic E-state index is 0.634. The molecule has 4 nitrogen and oxygen atoms in total. The molecule has 0 aliphatic carbocycles. The van der Waals surface area contributed by atoms with Gasteiger partial charge in [-0.15, -0.1) is 10.2 Å². The van der Waals surface area contributed by atoms with Crippen molar-refractivity contribution in [3.05, 3.63) is 71.8 Å². The normalized spacial score (nSPS) is 11.9. The zero-order valence-corrected chi connectivity index (χ0v) is 18.1. The van der Waals surface area contributed by atoms with Gasteiger partial charge in [0.15, 0.2) is 0 Å². The summed E-state index contributed by atoms with van der Waals surface area (Å²) in [4.78, 5) is 2.42. The maximum absolute atomic E-state index is 12.7. The smallest absolute Gasteiger partial charge is 0.313 e. The minimum Gasteiger partial charge on any atom is -0.313 e. The molecule has 0 saturated carbocycles. The highest BCUT2D eigenvalue weighted by Crippen LogP contribution is 2.31. The Morgan fingerprint density at radius 3 is 2.06 bits per heavy atom. The predicted molar refractivity (Wildman–Crippen MR) is 117 cm³/mol. The molecule has 166 valence electrons. The lowest BCUT2D eigenvalue weighted by Gasteiger charge is -2.17. The van der Waals surface area contributed by atoms with E-state index in [1.54, 1.807) is 6.33 Å². The lowest BCUT2D eigenvalue weighted by Crippen LogP contribution is -2.24. The maximum atomic E-state index is 12.7. The van der Waals surface area contributed by atoms with Crippen molar-refractivity contribution in [2.24, 2.45) is 0 Å². The summed E-state index contributed by atoms with van der Waals surface area (Å²) in [6, 6.07) is 13.1. The highest BCUT2D eigenvalue weighted by molar-refractivity contribution is 5.64. The summed E-state index contributed by atoms with van der Waals surface area (Å²) in [6.07, 6.45) is 0.539. The van der Waals surface area contributed by atoms with Crippen molar-refractivity contribution >= 4 is 0 Å². The first-order valence-electron chi connectivity index (χ1n) is 10.8. The van der Waals surface area contributed by atoms with Crippen LogP contribution in [0.2, 0.25) is 0 Å². The average Bonchev–Trinajstić information content (AvgIpc) is 3.21. The predicted octanol–water partition coefficient (Wildman–Crippen LogP) is 5.68. The summed E-state index contributed by atoms with van der Waals surface area (Å²) in [5, 5.41) is 8.34. The molecule has 0 spiro atoms. The fourth-order valence-corrected chi connectivity index (χ4v) is 3.61. The van der Waals surface area contributed by atoms with E-state index in [4.69, 9.17) is 0 Å². The van der Waals surface area contributed by atoms with Gasteiger partial charge < -0.3 is 9.47 Å². The molecular formula is C24H29F3N4. The van der Waals surface area contributed by atoms with E-state index in [2.05, 4.69) is 33.5 Å². The first kappa shape index (κ1) is 23.0. The van der Waals surface area contributed by atoms with Crippen molar-refractivity contribution in [2.45, 2.75) is 45.8 Å². The number of rotatable bonds is 10. The third-order valence-corrected chi connectivity index (χ3v) is 5.57. The molecule has 0 unspecified atom stereocenters. The van der Waals surface area contributed by atoms with Gasteiger partial charge in [-0.05, 0) is 61.3 Å². The summed E-state index contributed by atoms with van der Waals surface area (Å²) in [7, 11) is 0. The number of aryl methyl sites for hydroxylation is 1. The second-order valence-electron chi connectivity index (χ2n) is 7.63. The largest absolute Gasteiger partial charge is 0.416 e. The summed E-state index contributed by atoms with van der Waals surface area (Å²) in [5.74, 6) is 0.978. The van der Waals surface area contributed by atoms with Crippen LogP contribution in [0.15, 0.2) is 54.9 Å². The van der Waals surface area contributed by atoms with Gasteiger partial charge in [-0.25, -0.2) is 0 Å². The molecule has 0 saturated heterocycles. The van der Waals surface area contributed by atoms with Gasteiger partial charge in [-0.1, -0.05) is 50.2 Å². The Balaban J connectivity index is 1.58. The van der Waals surface area contributed by atoms with Crippen molar-refractivity contribution in [3.63, 3.8) is 0 Å². The SMILES string of the molecule is CCN(CC)CCCCc1nncn1Cc1ccc(-c2ccc(C(F)(F)F)cc2)cc1. The van der Waals surface area contributed by atoms with Crippen molar-refractivity contribution < 1.29 is 13.2 Å². The molecule has 2 aromatic carbocycles. The molecule has 0 radical (unpaired) electrons. The zero-order valence-electron chi connectivity index (χ0n) is 18.1. The van der Waals surface area contributed by atoms with Gasteiger partial charge in [0.2, 0.25) is 0 Å². The fraction of sp³-hybridized carbons (Fsp3) is 0.417. The molecule has 7 heteroatoms. The van der Waals surface area contributed by atoms with Crippen LogP contribution in [0.4, 0.5) is 13.2 Å². The topological polar surface area (TPSA) is 34.0 Å². The lowest BCUT2D eigenvalue weighted by molar-refractivity contribution is -0.137. The van der Waals surface area contributed by atoms with Gasteiger partial charge in [-0.2, -0.15) is 13.2 Å². The molecule has 1 heterocycles. The molecule has 0 atom stereocenters. The first-order chi connectivity index (χ1) is 14.9. The van der Waals surface area contributed by atoms with Crippen LogP contribution in [0.3, 0.4) is 0 Å². The van der Waals surface area contributed by atoms with Crippen LogP contribution in [-0.2, 0) is 19.1 Å². The average molecular weight is 431 g/mol. The van der Waals surface area contributed by atoms with E-state index in [0.717, 1.165) is 73.5 Å². The summed E-state index contributed by atoms with van der Waals surface area (Å²) >= 11 is 0. The number of hydrogen-bond acceptors (Lipinski definition) is 3. The molecule has 1 aromatic heterocycles. The van der Waals surface area contributed by atoms with E-state index >= 15 is 0 Å². The van der Waals surface area contributed by atoms with E-state index in [0.29, 0.717) is 6.54 Å². The van der Waals surface area contributed by atoms with Crippen molar-refractivity contribution in [1.29, 1.82) is 0 Å². The third-order valence-electron chi connectivity index (χ3n) is 5.57. The molecule has 0 bridgehead atoms. The maximum Gasteiger partial charge on any atom is 0.416 e. The lowest BCUT2D eigenvalue weighted by atomic mass is 10.0. The monoisotopic (exact) mass is 430 g/mol. The van der Waals surface area contributed by atoms with Crippen molar-refractivity contribution in [2.75, 3.05) is 19.6 Å². The number of nitrogens with zero attached hydrogens (tertiary/aromatic N) is 4. The Labute approximate surface area is 181 Å². The van der Waals surface area contributed by atoms with Gasteiger partial charge in [0.25, 0.3) is 0 Å².